The average Bonchev–Trinajstić information content (AvgIpc) is 3.15. The number of hydrogen-bond donors (Lipinski definition) is 3. The molecule has 0 spiro atoms. The van der Waals surface area contributed by atoms with E-state index in [9.17, 15) is 31.0 Å². The molecule has 0 amide bonds. The smallest absolute Gasteiger partial charge is 0.298 e. The summed E-state index contributed by atoms with van der Waals surface area (Å²) in [6.45, 7) is 15.3. The van der Waals surface area contributed by atoms with Crippen molar-refractivity contribution in [1.29, 1.82) is 0 Å². The monoisotopic (exact) mass is 845 g/mol. The van der Waals surface area contributed by atoms with Gasteiger partial charge in [0.15, 0.2) is 0 Å². The molecule has 0 atom stereocenters. The highest BCUT2D eigenvalue weighted by atomic mass is 32.2. The van der Waals surface area contributed by atoms with E-state index in [1.54, 1.807) is 19.9 Å². The van der Waals surface area contributed by atoms with E-state index in [4.69, 9.17) is 9.73 Å². The van der Waals surface area contributed by atoms with Gasteiger partial charge in [-0.2, -0.15) is 16.8 Å². The molecule has 11 heteroatoms. The van der Waals surface area contributed by atoms with Crippen LogP contribution in [0, 0.1) is 41.5 Å². The van der Waals surface area contributed by atoms with E-state index < -0.39 is 31.7 Å². The normalized spacial score (nSPS) is 13.3. The maximum Gasteiger partial charge on any atom is 0.298 e. The van der Waals surface area contributed by atoms with Crippen molar-refractivity contribution in [1.82, 2.24) is 0 Å². The Kier molecular flexibility index (Phi) is 12.7. The summed E-state index contributed by atoms with van der Waals surface area (Å²) in [5.74, 6) is -0.101. The van der Waals surface area contributed by atoms with Crippen LogP contribution in [0.15, 0.2) is 123 Å². The van der Waals surface area contributed by atoms with Crippen LogP contribution in [-0.2, 0) is 39.7 Å². The SMILES string of the molecule is COc1cc(CO)c(N=C2C=C(C)C(=C(c3ccc(Cc4c(C)cc(C)cc4C)cc3)c3ccc(Cc4c(C)cc(C)c(S(=O)(=O)O)c4C)cc3)C(C)=C2)cc1S(=O)(=O)O. The summed E-state index contributed by atoms with van der Waals surface area (Å²) in [6.07, 6.45) is 5.08. The number of aryl methyl sites for hydroxylation is 5. The van der Waals surface area contributed by atoms with Gasteiger partial charge in [-0.15, -0.1) is 0 Å². The fourth-order valence-electron chi connectivity index (χ4n) is 8.53. The number of aliphatic hydroxyl groups is 1. The van der Waals surface area contributed by atoms with Gasteiger partial charge in [0.2, 0.25) is 0 Å². The Morgan fingerprint density at radius 3 is 1.60 bits per heavy atom. The predicted molar refractivity (Wildman–Crippen MR) is 239 cm³/mol. The molecular formula is C49H51NO8S2. The van der Waals surface area contributed by atoms with E-state index in [0.717, 1.165) is 56.5 Å². The van der Waals surface area contributed by atoms with Gasteiger partial charge in [0.25, 0.3) is 20.2 Å². The van der Waals surface area contributed by atoms with Crippen molar-refractivity contribution in [2.24, 2.45) is 4.99 Å². The molecule has 60 heavy (non-hydrogen) atoms. The van der Waals surface area contributed by atoms with Crippen molar-refractivity contribution in [2.45, 2.75) is 84.6 Å². The predicted octanol–water partition coefficient (Wildman–Crippen LogP) is 10.2. The molecule has 312 valence electrons. The van der Waals surface area contributed by atoms with Crippen molar-refractivity contribution in [2.75, 3.05) is 7.11 Å². The molecule has 9 nitrogen and oxygen atoms in total. The topological polar surface area (TPSA) is 151 Å². The third-order valence-corrected chi connectivity index (χ3v) is 13.3. The molecule has 3 N–H and O–H groups in total. The van der Waals surface area contributed by atoms with Crippen LogP contribution in [0.25, 0.3) is 5.57 Å². The third kappa shape index (κ3) is 9.31. The molecule has 0 bridgehead atoms. The Morgan fingerprint density at radius 2 is 1.13 bits per heavy atom. The zero-order valence-electron chi connectivity index (χ0n) is 35.4. The van der Waals surface area contributed by atoms with Crippen LogP contribution in [0.5, 0.6) is 5.75 Å². The summed E-state index contributed by atoms with van der Waals surface area (Å²) >= 11 is 0. The van der Waals surface area contributed by atoms with E-state index in [-0.39, 0.29) is 16.3 Å². The zero-order valence-corrected chi connectivity index (χ0v) is 37.1. The van der Waals surface area contributed by atoms with Gasteiger partial charge in [-0.05, 0) is 176 Å². The first-order valence-electron chi connectivity index (χ1n) is 19.5. The van der Waals surface area contributed by atoms with Gasteiger partial charge in [0.1, 0.15) is 10.6 Å². The number of hydrogen-bond acceptors (Lipinski definition) is 7. The fraction of sp³-hybridized carbons (Fsp3) is 0.245. The molecule has 0 saturated heterocycles. The van der Waals surface area contributed by atoms with Crippen LogP contribution >= 0.6 is 0 Å². The molecule has 0 heterocycles. The highest BCUT2D eigenvalue weighted by Crippen LogP contribution is 2.39. The summed E-state index contributed by atoms with van der Waals surface area (Å²) < 4.78 is 74.1. The zero-order chi connectivity index (χ0) is 43.8. The molecule has 5 aromatic carbocycles. The van der Waals surface area contributed by atoms with Gasteiger partial charge >= 0.3 is 0 Å². The van der Waals surface area contributed by atoms with Crippen molar-refractivity contribution in [3.05, 3.63) is 180 Å². The molecule has 0 saturated carbocycles. The summed E-state index contributed by atoms with van der Waals surface area (Å²) in [5, 5.41) is 10.1. The Balaban J connectivity index is 1.46. The van der Waals surface area contributed by atoms with E-state index in [1.807, 2.05) is 45.1 Å². The summed E-state index contributed by atoms with van der Waals surface area (Å²) in [5.41, 5.74) is 16.8. The molecule has 0 unspecified atom stereocenters. The lowest BCUT2D eigenvalue weighted by Gasteiger charge is -2.22. The van der Waals surface area contributed by atoms with Crippen molar-refractivity contribution in [3.63, 3.8) is 0 Å². The van der Waals surface area contributed by atoms with Gasteiger partial charge in [-0.1, -0.05) is 72.3 Å². The molecule has 0 radical (unpaired) electrons. The largest absolute Gasteiger partial charge is 0.495 e. The maximum atomic E-state index is 12.3. The highest BCUT2D eigenvalue weighted by Gasteiger charge is 2.24. The van der Waals surface area contributed by atoms with Gasteiger partial charge in [-0.25, -0.2) is 4.99 Å². The minimum Gasteiger partial charge on any atom is -0.495 e. The standard InChI is InChI=1S/C49H51NO8S2/c1-28-18-29(2)42(30(3)19-28)23-36-10-14-38(15-11-36)48(39-16-12-37(13-17-39)24-43-31(4)20-34(7)49(35(43)8)60(55,56)57)47-32(5)21-41(22-33(47)6)50-44-26-46(59(52,53)54)45(58-9)25-40(44)27-51/h10-22,25-26,51H,23-24,27H2,1-9H3,(H,52,53,54)(H,55,56,57). The van der Waals surface area contributed by atoms with E-state index in [1.165, 1.54) is 47.1 Å². The second-order valence-electron chi connectivity index (χ2n) is 15.7. The maximum absolute atomic E-state index is 12.3. The molecule has 0 aliphatic heterocycles. The summed E-state index contributed by atoms with van der Waals surface area (Å²) in [7, 11) is -7.77. The van der Waals surface area contributed by atoms with Crippen LogP contribution in [-0.4, -0.2) is 43.9 Å². The Hall–Kier alpha value is -5.43. The van der Waals surface area contributed by atoms with Gasteiger partial charge < -0.3 is 9.84 Å². The number of allylic oxidation sites excluding steroid dienone is 5. The van der Waals surface area contributed by atoms with Crippen LogP contribution in [0.3, 0.4) is 0 Å². The number of methoxy groups -OCH3 is 1. The summed E-state index contributed by atoms with van der Waals surface area (Å²) in [6, 6.07) is 25.6. The van der Waals surface area contributed by atoms with E-state index in [2.05, 4.69) is 69.3 Å². The molecule has 6 rings (SSSR count). The minimum absolute atomic E-state index is 0.0499. The minimum atomic E-state index is -4.65. The lowest BCUT2D eigenvalue weighted by molar-refractivity contribution is 0.281. The number of nitrogens with zero attached hydrogens (tertiary/aromatic N) is 1. The van der Waals surface area contributed by atoms with Crippen molar-refractivity contribution < 1.29 is 35.8 Å². The second-order valence-corrected chi connectivity index (χ2v) is 18.5. The fourth-order valence-corrected chi connectivity index (χ4v) is 10.2. The van der Waals surface area contributed by atoms with Crippen LogP contribution in [0.4, 0.5) is 5.69 Å². The molecule has 1 aliphatic carbocycles. The van der Waals surface area contributed by atoms with Crippen LogP contribution < -0.4 is 4.74 Å². The number of aliphatic imine (C=N–C) groups is 1. The van der Waals surface area contributed by atoms with Crippen molar-refractivity contribution >= 4 is 37.2 Å². The third-order valence-electron chi connectivity index (χ3n) is 11.2. The average molecular weight is 846 g/mol. The molecule has 1 aliphatic rings. The Labute approximate surface area is 354 Å². The van der Waals surface area contributed by atoms with E-state index in [0.29, 0.717) is 28.8 Å². The second kappa shape index (κ2) is 17.3. The van der Waals surface area contributed by atoms with Gasteiger partial charge in [0.05, 0.1) is 30.0 Å². The Bertz CT molecular complexity index is 2840. The first-order valence-corrected chi connectivity index (χ1v) is 22.4. The number of aliphatic hydroxyl groups excluding tert-OH is 1. The lowest BCUT2D eigenvalue weighted by Crippen LogP contribution is -2.08. The Morgan fingerprint density at radius 1 is 0.633 bits per heavy atom. The molecule has 0 fully saturated rings. The lowest BCUT2D eigenvalue weighted by atomic mass is 9.82. The first-order chi connectivity index (χ1) is 28.2. The van der Waals surface area contributed by atoms with Crippen LogP contribution in [0.1, 0.15) is 86.2 Å². The quantitative estimate of drug-likeness (QED) is 0.111. The number of benzene rings is 5. The van der Waals surface area contributed by atoms with E-state index >= 15 is 0 Å². The molecule has 0 aromatic heterocycles. The van der Waals surface area contributed by atoms with Gasteiger partial charge in [-0.3, -0.25) is 9.11 Å². The molecule has 5 aromatic rings. The number of rotatable bonds is 11. The highest BCUT2D eigenvalue weighted by molar-refractivity contribution is 7.86. The molecular weight excluding hydrogens is 795 g/mol. The van der Waals surface area contributed by atoms with Crippen LogP contribution in [0.2, 0.25) is 0 Å². The van der Waals surface area contributed by atoms with Gasteiger partial charge in [0, 0.05) is 5.56 Å². The first kappa shape index (κ1) is 44.1. The van der Waals surface area contributed by atoms with Crippen molar-refractivity contribution in [3.8, 4) is 5.75 Å². The number of ether oxygens (including phenoxy) is 1. The summed E-state index contributed by atoms with van der Waals surface area (Å²) in [4.78, 5) is 4.24.